The fraction of sp³-hybridized carbons (Fsp3) is 0.133. The lowest BCUT2D eigenvalue weighted by molar-refractivity contribution is 0.101. The van der Waals surface area contributed by atoms with E-state index >= 15 is 0 Å². The Morgan fingerprint density at radius 2 is 1.65 bits per heavy atom. The molecule has 0 aromatic heterocycles. The number of benzene rings is 2. The number of hydrogen-bond acceptors (Lipinski definition) is 2. The highest BCUT2D eigenvalue weighted by atomic mass is 19.1. The largest absolute Gasteiger partial charge is 0.322 e. The van der Waals surface area contributed by atoms with Gasteiger partial charge in [0.25, 0.3) is 5.91 Å². The smallest absolute Gasteiger partial charge is 0.261 e. The molecule has 0 heterocycles. The molecule has 2 aromatic carbocycles. The van der Waals surface area contributed by atoms with Crippen LogP contribution in [0.2, 0.25) is 0 Å². The molecule has 0 saturated carbocycles. The van der Waals surface area contributed by atoms with Gasteiger partial charge in [0.15, 0.2) is 0 Å². The summed E-state index contributed by atoms with van der Waals surface area (Å²) in [6, 6.07) is 10.3. The van der Waals surface area contributed by atoms with Gasteiger partial charge in [0, 0.05) is 12.2 Å². The molecule has 0 bridgehead atoms. The predicted molar refractivity (Wildman–Crippen MR) is 73.5 cm³/mol. The molecule has 0 aliphatic heterocycles. The Hall–Kier alpha value is -2.27. The summed E-state index contributed by atoms with van der Waals surface area (Å²) < 4.78 is 26.9. The molecular formula is C15H14F2N2O. The van der Waals surface area contributed by atoms with Gasteiger partial charge in [-0.15, -0.1) is 0 Å². The van der Waals surface area contributed by atoms with Crippen LogP contribution in [0, 0.1) is 11.6 Å². The number of rotatable bonds is 4. The molecule has 0 atom stereocenters. The van der Waals surface area contributed by atoms with Crippen LogP contribution in [-0.2, 0) is 6.54 Å². The maximum Gasteiger partial charge on any atom is 0.261 e. The van der Waals surface area contributed by atoms with Gasteiger partial charge in [0.05, 0.1) is 0 Å². The normalized spacial score (nSPS) is 10.3. The van der Waals surface area contributed by atoms with E-state index in [2.05, 4.69) is 10.6 Å². The molecule has 20 heavy (non-hydrogen) atoms. The SMILES string of the molecule is CNCc1ccc(NC(=O)c2c(F)cccc2F)cc1. The van der Waals surface area contributed by atoms with E-state index in [-0.39, 0.29) is 0 Å². The van der Waals surface area contributed by atoms with Crippen LogP contribution in [0.5, 0.6) is 0 Å². The van der Waals surface area contributed by atoms with E-state index < -0.39 is 23.1 Å². The van der Waals surface area contributed by atoms with Crippen LogP contribution in [0.25, 0.3) is 0 Å². The number of carbonyl (C=O) groups excluding carboxylic acids is 1. The molecule has 0 aliphatic rings. The quantitative estimate of drug-likeness (QED) is 0.901. The van der Waals surface area contributed by atoms with Gasteiger partial charge >= 0.3 is 0 Å². The molecule has 2 N–H and O–H groups in total. The minimum Gasteiger partial charge on any atom is -0.322 e. The molecular weight excluding hydrogens is 262 g/mol. The third-order valence-electron chi connectivity index (χ3n) is 2.78. The highest BCUT2D eigenvalue weighted by Crippen LogP contribution is 2.15. The van der Waals surface area contributed by atoms with E-state index in [0.29, 0.717) is 12.2 Å². The van der Waals surface area contributed by atoms with Gasteiger partial charge in [-0.05, 0) is 36.9 Å². The highest BCUT2D eigenvalue weighted by Gasteiger charge is 2.16. The van der Waals surface area contributed by atoms with Gasteiger partial charge in [-0.3, -0.25) is 4.79 Å². The van der Waals surface area contributed by atoms with E-state index in [1.54, 1.807) is 12.1 Å². The summed E-state index contributed by atoms with van der Waals surface area (Å²) in [6.45, 7) is 0.705. The molecule has 0 saturated heterocycles. The van der Waals surface area contributed by atoms with Crippen molar-refractivity contribution >= 4 is 11.6 Å². The minimum absolute atomic E-state index is 0.484. The summed E-state index contributed by atoms with van der Waals surface area (Å²) in [5, 5.41) is 5.47. The summed E-state index contributed by atoms with van der Waals surface area (Å²) in [5.74, 6) is -2.56. The summed E-state index contributed by atoms with van der Waals surface area (Å²) in [4.78, 5) is 11.9. The number of amides is 1. The zero-order valence-corrected chi connectivity index (χ0v) is 10.9. The van der Waals surface area contributed by atoms with Crippen molar-refractivity contribution < 1.29 is 13.6 Å². The zero-order valence-electron chi connectivity index (χ0n) is 10.9. The van der Waals surface area contributed by atoms with Crippen LogP contribution < -0.4 is 10.6 Å². The van der Waals surface area contributed by atoms with Gasteiger partial charge in [-0.2, -0.15) is 0 Å². The van der Waals surface area contributed by atoms with E-state index in [4.69, 9.17) is 0 Å². The summed E-state index contributed by atoms with van der Waals surface area (Å²) in [5.41, 5.74) is 0.951. The molecule has 2 aromatic rings. The van der Waals surface area contributed by atoms with Crippen LogP contribution in [0.15, 0.2) is 42.5 Å². The van der Waals surface area contributed by atoms with E-state index in [1.807, 2.05) is 19.2 Å². The van der Waals surface area contributed by atoms with Crippen LogP contribution in [-0.4, -0.2) is 13.0 Å². The van der Waals surface area contributed by atoms with Crippen LogP contribution in [0.3, 0.4) is 0 Å². The van der Waals surface area contributed by atoms with Crippen molar-refractivity contribution in [1.82, 2.24) is 5.32 Å². The maximum atomic E-state index is 13.5. The topological polar surface area (TPSA) is 41.1 Å². The number of nitrogens with one attached hydrogen (secondary N) is 2. The molecule has 0 fully saturated rings. The monoisotopic (exact) mass is 276 g/mol. The Balaban J connectivity index is 2.15. The Bertz CT molecular complexity index is 592. The molecule has 5 heteroatoms. The Morgan fingerprint density at radius 3 is 2.20 bits per heavy atom. The summed E-state index contributed by atoms with van der Waals surface area (Å²) in [6.07, 6.45) is 0. The first kappa shape index (κ1) is 14.1. The lowest BCUT2D eigenvalue weighted by atomic mass is 10.1. The minimum atomic E-state index is -0.880. The summed E-state index contributed by atoms with van der Waals surface area (Å²) in [7, 11) is 1.83. The first-order valence-corrected chi connectivity index (χ1v) is 6.10. The molecule has 0 aliphatic carbocycles. The third-order valence-corrected chi connectivity index (χ3v) is 2.78. The molecule has 0 unspecified atom stereocenters. The zero-order chi connectivity index (χ0) is 14.5. The number of anilines is 1. The first-order chi connectivity index (χ1) is 9.61. The number of halogens is 2. The summed E-state index contributed by atoms with van der Waals surface area (Å²) >= 11 is 0. The van der Waals surface area contributed by atoms with Crippen LogP contribution in [0.4, 0.5) is 14.5 Å². The van der Waals surface area contributed by atoms with Crippen molar-refractivity contribution in [3.63, 3.8) is 0 Å². The standard InChI is InChI=1S/C15H14F2N2O/c1-18-9-10-5-7-11(8-6-10)19-15(20)14-12(16)3-2-4-13(14)17/h2-8,18H,9H2,1H3,(H,19,20). The average molecular weight is 276 g/mol. The fourth-order valence-electron chi connectivity index (χ4n) is 1.82. The van der Waals surface area contributed by atoms with Crippen molar-refractivity contribution in [3.05, 3.63) is 65.2 Å². The van der Waals surface area contributed by atoms with Crippen LogP contribution in [0.1, 0.15) is 15.9 Å². The molecule has 3 nitrogen and oxygen atoms in total. The molecule has 1 amide bonds. The Kier molecular flexibility index (Phi) is 4.42. The van der Waals surface area contributed by atoms with Crippen molar-refractivity contribution in [2.45, 2.75) is 6.54 Å². The van der Waals surface area contributed by atoms with Gasteiger partial charge in [0.1, 0.15) is 17.2 Å². The van der Waals surface area contributed by atoms with Crippen molar-refractivity contribution in [2.75, 3.05) is 12.4 Å². The molecule has 2 rings (SSSR count). The van der Waals surface area contributed by atoms with Gasteiger partial charge < -0.3 is 10.6 Å². The first-order valence-electron chi connectivity index (χ1n) is 6.10. The second-order valence-corrected chi connectivity index (χ2v) is 4.28. The predicted octanol–water partition coefficient (Wildman–Crippen LogP) is 2.94. The van der Waals surface area contributed by atoms with Crippen LogP contribution >= 0.6 is 0 Å². The van der Waals surface area contributed by atoms with E-state index in [9.17, 15) is 13.6 Å². The van der Waals surface area contributed by atoms with Crippen molar-refractivity contribution in [2.24, 2.45) is 0 Å². The van der Waals surface area contributed by atoms with Crippen molar-refractivity contribution in [1.29, 1.82) is 0 Å². The van der Waals surface area contributed by atoms with Crippen molar-refractivity contribution in [3.8, 4) is 0 Å². The third kappa shape index (κ3) is 3.19. The van der Waals surface area contributed by atoms with E-state index in [1.165, 1.54) is 6.07 Å². The second kappa shape index (κ2) is 6.25. The Labute approximate surface area is 115 Å². The average Bonchev–Trinajstić information content (AvgIpc) is 2.41. The lowest BCUT2D eigenvalue weighted by Gasteiger charge is -2.08. The lowest BCUT2D eigenvalue weighted by Crippen LogP contribution is -2.15. The Morgan fingerprint density at radius 1 is 1.05 bits per heavy atom. The van der Waals surface area contributed by atoms with Gasteiger partial charge in [-0.1, -0.05) is 18.2 Å². The molecule has 0 spiro atoms. The fourth-order valence-corrected chi connectivity index (χ4v) is 1.82. The second-order valence-electron chi connectivity index (χ2n) is 4.28. The number of carbonyl (C=O) groups is 1. The molecule has 104 valence electrons. The van der Waals surface area contributed by atoms with Gasteiger partial charge in [-0.25, -0.2) is 8.78 Å². The van der Waals surface area contributed by atoms with Gasteiger partial charge in [0.2, 0.25) is 0 Å². The van der Waals surface area contributed by atoms with E-state index in [0.717, 1.165) is 17.7 Å². The maximum absolute atomic E-state index is 13.5. The highest BCUT2D eigenvalue weighted by molar-refractivity contribution is 6.04. The number of hydrogen-bond donors (Lipinski definition) is 2. The molecule has 0 radical (unpaired) electrons.